The van der Waals surface area contributed by atoms with Crippen LogP contribution < -0.4 is 10.6 Å². The molecule has 0 amide bonds. The molecule has 1 aromatic rings. The molecule has 2 N–H and O–H groups in total. The van der Waals surface area contributed by atoms with Gasteiger partial charge in [-0.2, -0.15) is 4.98 Å². The highest BCUT2D eigenvalue weighted by Gasteiger charge is 2.26. The summed E-state index contributed by atoms with van der Waals surface area (Å²) >= 11 is 0. The Labute approximate surface area is 107 Å². The minimum atomic E-state index is 0.304. The minimum absolute atomic E-state index is 0.304. The molecule has 0 aromatic carbocycles. The minimum Gasteiger partial charge on any atom is -0.368 e. The molecule has 2 fully saturated rings. The van der Waals surface area contributed by atoms with Crippen molar-refractivity contribution < 1.29 is 0 Å². The van der Waals surface area contributed by atoms with Crippen molar-refractivity contribution >= 4 is 11.9 Å². The van der Waals surface area contributed by atoms with Gasteiger partial charge in [0, 0.05) is 32.2 Å². The van der Waals surface area contributed by atoms with Crippen LogP contribution in [0.15, 0.2) is 6.33 Å². The van der Waals surface area contributed by atoms with Crippen molar-refractivity contribution in [3.8, 4) is 0 Å². The number of nitrogen functional groups attached to an aromatic ring is 1. The molecule has 0 spiro atoms. The largest absolute Gasteiger partial charge is 0.368 e. The zero-order chi connectivity index (χ0) is 12.4. The van der Waals surface area contributed by atoms with Crippen LogP contribution in [-0.2, 0) is 0 Å². The Morgan fingerprint density at radius 2 is 1.78 bits per heavy atom. The maximum Gasteiger partial charge on any atom is 0.230 e. The van der Waals surface area contributed by atoms with E-state index >= 15 is 0 Å². The number of nitrogens with zero attached hydrogens (tertiary/aromatic N) is 5. The first-order valence-electron chi connectivity index (χ1n) is 6.76. The molecule has 3 rings (SSSR count). The quantitative estimate of drug-likeness (QED) is 0.822. The van der Waals surface area contributed by atoms with Gasteiger partial charge in [0.2, 0.25) is 11.9 Å². The van der Waals surface area contributed by atoms with E-state index in [1.807, 2.05) is 0 Å². The lowest BCUT2D eigenvalue weighted by molar-refractivity contribution is 0.187. The Morgan fingerprint density at radius 3 is 2.44 bits per heavy atom. The second kappa shape index (κ2) is 5.06. The average Bonchev–Trinajstić information content (AvgIpc) is 2.93. The third kappa shape index (κ3) is 2.38. The summed E-state index contributed by atoms with van der Waals surface area (Å²) in [6.45, 7) is 4.19. The standard InChI is InChI=1S/C12H20N6/c13-11-14-9-15-12(16-11)18-7-5-17(6-8-18)10-3-1-2-4-10/h9-10H,1-8H2,(H2,13,14,15,16). The number of hydrogen-bond donors (Lipinski definition) is 1. The van der Waals surface area contributed by atoms with Crippen molar-refractivity contribution in [2.24, 2.45) is 0 Å². The summed E-state index contributed by atoms with van der Waals surface area (Å²) in [5.41, 5.74) is 5.59. The molecule has 1 aromatic heterocycles. The van der Waals surface area contributed by atoms with Crippen molar-refractivity contribution in [2.75, 3.05) is 36.8 Å². The van der Waals surface area contributed by atoms with Crippen molar-refractivity contribution in [3.05, 3.63) is 6.33 Å². The molecule has 1 aliphatic carbocycles. The molecule has 2 aliphatic rings. The van der Waals surface area contributed by atoms with Gasteiger partial charge >= 0.3 is 0 Å². The van der Waals surface area contributed by atoms with Crippen molar-refractivity contribution in [1.82, 2.24) is 19.9 Å². The topological polar surface area (TPSA) is 71.2 Å². The summed E-state index contributed by atoms with van der Waals surface area (Å²) in [6.07, 6.45) is 7.03. The molecule has 1 aliphatic heterocycles. The maximum atomic E-state index is 5.59. The van der Waals surface area contributed by atoms with E-state index in [9.17, 15) is 0 Å². The molecule has 6 heteroatoms. The third-order valence-corrected chi connectivity index (χ3v) is 4.02. The van der Waals surface area contributed by atoms with E-state index in [2.05, 4.69) is 24.8 Å². The average molecular weight is 248 g/mol. The molecule has 1 saturated carbocycles. The molecule has 18 heavy (non-hydrogen) atoms. The van der Waals surface area contributed by atoms with Crippen LogP contribution in [0.25, 0.3) is 0 Å². The molecule has 2 heterocycles. The zero-order valence-electron chi connectivity index (χ0n) is 10.6. The van der Waals surface area contributed by atoms with Gasteiger partial charge in [-0.25, -0.2) is 9.97 Å². The fraction of sp³-hybridized carbons (Fsp3) is 0.750. The first-order chi connectivity index (χ1) is 8.83. The van der Waals surface area contributed by atoms with Gasteiger partial charge in [0.25, 0.3) is 0 Å². The van der Waals surface area contributed by atoms with Gasteiger partial charge in [0.05, 0.1) is 0 Å². The smallest absolute Gasteiger partial charge is 0.230 e. The number of aromatic nitrogens is 3. The molecule has 0 bridgehead atoms. The summed E-state index contributed by atoms with van der Waals surface area (Å²) in [5.74, 6) is 1.02. The van der Waals surface area contributed by atoms with Gasteiger partial charge in [-0.3, -0.25) is 4.90 Å². The molecule has 0 unspecified atom stereocenters. The Morgan fingerprint density at radius 1 is 1.06 bits per heavy atom. The molecule has 0 radical (unpaired) electrons. The van der Waals surface area contributed by atoms with Crippen LogP contribution in [0.1, 0.15) is 25.7 Å². The normalized spacial score (nSPS) is 22.6. The van der Waals surface area contributed by atoms with E-state index in [4.69, 9.17) is 5.73 Å². The van der Waals surface area contributed by atoms with Gasteiger partial charge in [0.1, 0.15) is 6.33 Å². The Hall–Kier alpha value is -1.43. The SMILES string of the molecule is Nc1ncnc(N2CCN(C3CCCC3)CC2)n1. The Bertz CT molecular complexity index is 395. The molecule has 0 atom stereocenters. The lowest BCUT2D eigenvalue weighted by Gasteiger charge is -2.37. The fourth-order valence-electron chi connectivity index (χ4n) is 3.01. The highest BCUT2D eigenvalue weighted by atomic mass is 15.3. The molecule has 1 saturated heterocycles. The monoisotopic (exact) mass is 248 g/mol. The summed E-state index contributed by atoms with van der Waals surface area (Å²) in [7, 11) is 0. The third-order valence-electron chi connectivity index (χ3n) is 4.02. The van der Waals surface area contributed by atoms with E-state index in [-0.39, 0.29) is 0 Å². The summed E-state index contributed by atoms with van der Waals surface area (Å²) in [4.78, 5) is 17.0. The van der Waals surface area contributed by atoms with Crippen LogP contribution in [0, 0.1) is 0 Å². The lowest BCUT2D eigenvalue weighted by Crippen LogP contribution is -2.50. The Kier molecular flexibility index (Phi) is 3.27. The van der Waals surface area contributed by atoms with Gasteiger partial charge in [-0.15, -0.1) is 0 Å². The Balaban J connectivity index is 1.59. The number of piperazine rings is 1. The van der Waals surface area contributed by atoms with Crippen molar-refractivity contribution in [3.63, 3.8) is 0 Å². The first-order valence-corrected chi connectivity index (χ1v) is 6.76. The molecular formula is C12H20N6. The fourth-order valence-corrected chi connectivity index (χ4v) is 3.01. The lowest BCUT2D eigenvalue weighted by atomic mass is 10.2. The maximum absolute atomic E-state index is 5.59. The van der Waals surface area contributed by atoms with E-state index < -0.39 is 0 Å². The summed E-state index contributed by atoms with van der Waals surface area (Å²) in [6, 6.07) is 0.815. The summed E-state index contributed by atoms with van der Waals surface area (Å²) in [5, 5.41) is 0. The highest BCUT2D eigenvalue weighted by Crippen LogP contribution is 2.24. The number of anilines is 2. The van der Waals surface area contributed by atoms with Crippen LogP contribution in [0.3, 0.4) is 0 Å². The van der Waals surface area contributed by atoms with E-state index in [1.54, 1.807) is 0 Å². The van der Waals surface area contributed by atoms with E-state index in [0.29, 0.717) is 11.9 Å². The number of hydrogen-bond acceptors (Lipinski definition) is 6. The first kappa shape index (κ1) is 11.6. The number of rotatable bonds is 2. The second-order valence-electron chi connectivity index (χ2n) is 5.10. The van der Waals surface area contributed by atoms with Crippen LogP contribution in [0.4, 0.5) is 11.9 Å². The van der Waals surface area contributed by atoms with Gasteiger partial charge in [0.15, 0.2) is 0 Å². The highest BCUT2D eigenvalue weighted by molar-refractivity contribution is 5.33. The van der Waals surface area contributed by atoms with Crippen molar-refractivity contribution in [2.45, 2.75) is 31.7 Å². The zero-order valence-corrected chi connectivity index (χ0v) is 10.6. The molecule has 6 nitrogen and oxygen atoms in total. The predicted octanol–water partition coefficient (Wildman–Crippen LogP) is 0.518. The molecular weight excluding hydrogens is 228 g/mol. The second-order valence-corrected chi connectivity index (χ2v) is 5.10. The van der Waals surface area contributed by atoms with E-state index in [1.165, 1.54) is 32.0 Å². The van der Waals surface area contributed by atoms with Crippen LogP contribution >= 0.6 is 0 Å². The summed E-state index contributed by atoms with van der Waals surface area (Å²) < 4.78 is 0. The van der Waals surface area contributed by atoms with Gasteiger partial charge < -0.3 is 10.6 Å². The predicted molar refractivity (Wildman–Crippen MR) is 70.3 cm³/mol. The molecule has 98 valence electrons. The van der Waals surface area contributed by atoms with Crippen molar-refractivity contribution in [1.29, 1.82) is 0 Å². The number of nitrogens with two attached hydrogens (primary N) is 1. The van der Waals surface area contributed by atoms with E-state index in [0.717, 1.165) is 32.2 Å². The van der Waals surface area contributed by atoms with Crippen LogP contribution in [0.5, 0.6) is 0 Å². The van der Waals surface area contributed by atoms with Crippen LogP contribution in [-0.4, -0.2) is 52.1 Å². The van der Waals surface area contributed by atoms with Gasteiger partial charge in [-0.05, 0) is 12.8 Å². The van der Waals surface area contributed by atoms with Crippen LogP contribution in [0.2, 0.25) is 0 Å². The van der Waals surface area contributed by atoms with Gasteiger partial charge in [-0.1, -0.05) is 12.8 Å².